The molecule has 11 heteroatoms. The van der Waals surface area contributed by atoms with Crippen LogP contribution in [0.1, 0.15) is 61.2 Å². The van der Waals surface area contributed by atoms with Gasteiger partial charge < -0.3 is 10.2 Å². The fourth-order valence-electron chi connectivity index (χ4n) is 2.52. The summed E-state index contributed by atoms with van der Waals surface area (Å²) in [5, 5.41) is 7.12. The van der Waals surface area contributed by atoms with Gasteiger partial charge in [0, 0.05) is 0 Å². The van der Waals surface area contributed by atoms with Crippen molar-refractivity contribution in [2.45, 2.75) is 84.9 Å². The third-order valence-electron chi connectivity index (χ3n) is 3.43. The van der Waals surface area contributed by atoms with Crippen LogP contribution in [0.4, 0.5) is 11.9 Å². The standard InChI is InChI=1S/C16H33N5P2.CO.2BrH.Mn/c1-10(2)22(11(3)4)20-15-17-14(9)18-16(19-15)21-23(12(5)6)13(7)8;1-2;;;/h10-13H,1-9H3,(H2,17,18,19,20,21);;2*1H;/q;;;;+2/p-2. The van der Waals surface area contributed by atoms with Gasteiger partial charge in [-0.3, -0.25) is 0 Å². The summed E-state index contributed by atoms with van der Waals surface area (Å²) in [6.45, 7) is 24.5. The Balaban J connectivity index is 0. The molecule has 163 valence electrons. The van der Waals surface area contributed by atoms with Gasteiger partial charge in [0.2, 0.25) is 11.9 Å². The van der Waals surface area contributed by atoms with Crippen molar-refractivity contribution in [2.75, 3.05) is 10.2 Å². The first-order valence-electron chi connectivity index (χ1n) is 8.93. The van der Waals surface area contributed by atoms with E-state index in [1.54, 1.807) is 0 Å². The van der Waals surface area contributed by atoms with Crippen molar-refractivity contribution >= 4 is 56.3 Å². The summed E-state index contributed by atoms with van der Waals surface area (Å²) >= 11 is 6.88. The minimum absolute atomic E-state index is 0.350. The summed E-state index contributed by atoms with van der Waals surface area (Å²) in [6.07, 6.45) is 0. The number of nitrogens with zero attached hydrogens (tertiary/aromatic N) is 3. The van der Waals surface area contributed by atoms with Crippen LogP contribution in [0.25, 0.3) is 0 Å². The van der Waals surface area contributed by atoms with Gasteiger partial charge in [0.1, 0.15) is 5.82 Å². The van der Waals surface area contributed by atoms with E-state index in [1.807, 2.05) is 6.92 Å². The van der Waals surface area contributed by atoms with E-state index in [2.05, 4.69) is 115 Å². The van der Waals surface area contributed by atoms with E-state index in [0.29, 0.717) is 45.9 Å². The van der Waals surface area contributed by atoms with Gasteiger partial charge in [-0.15, -0.1) is 0 Å². The summed E-state index contributed by atoms with van der Waals surface area (Å²) in [5.74, 6) is 2.17. The van der Waals surface area contributed by atoms with Crippen molar-refractivity contribution in [3.8, 4) is 0 Å². The Hall–Kier alpha value is 0.689. The molecule has 0 aliphatic heterocycles. The summed E-state index contributed by atoms with van der Waals surface area (Å²) in [7, 11) is -0.700. The van der Waals surface area contributed by atoms with E-state index in [1.165, 1.54) is 0 Å². The Morgan fingerprint density at radius 2 is 1.00 bits per heavy atom. The van der Waals surface area contributed by atoms with Crippen LogP contribution in [0.2, 0.25) is 0 Å². The number of hydrogen-bond donors (Lipinski definition) is 2. The van der Waals surface area contributed by atoms with Crippen molar-refractivity contribution in [1.29, 1.82) is 0 Å². The van der Waals surface area contributed by atoms with Gasteiger partial charge in [0.15, 0.2) is 0 Å². The molecule has 0 bridgehead atoms. The zero-order valence-corrected chi connectivity index (χ0v) is 24.2. The van der Waals surface area contributed by atoms with Gasteiger partial charge in [0.05, 0.1) is 0 Å². The second-order valence-electron chi connectivity index (χ2n) is 7.00. The van der Waals surface area contributed by atoms with Crippen molar-refractivity contribution in [2.24, 2.45) is 0 Å². The van der Waals surface area contributed by atoms with Crippen molar-refractivity contribution in [1.82, 2.24) is 15.0 Å². The van der Waals surface area contributed by atoms with Crippen molar-refractivity contribution in [3.63, 3.8) is 0 Å². The summed E-state index contributed by atoms with van der Waals surface area (Å²) < 4.78 is 7.50. The first-order chi connectivity index (χ1) is 13.0. The zero-order valence-electron chi connectivity index (χ0n) is 18.1. The average Bonchev–Trinajstić information content (AvgIpc) is 2.58. The van der Waals surface area contributed by atoms with Crippen molar-refractivity contribution < 1.29 is 16.0 Å². The summed E-state index contributed by atoms with van der Waals surface area (Å²) in [4.78, 5) is 13.6. The van der Waals surface area contributed by atoms with Crippen LogP contribution in [0, 0.1) is 13.6 Å². The third-order valence-corrected chi connectivity index (χ3v) is 8.80. The number of halogens is 2. The number of nitrogens with one attached hydrogen (secondary N) is 2. The normalized spacial score (nSPS) is 10.8. The van der Waals surface area contributed by atoms with Crippen LogP contribution < -0.4 is 10.2 Å². The van der Waals surface area contributed by atoms with Crippen molar-refractivity contribution in [3.05, 3.63) is 12.5 Å². The molecule has 0 saturated carbocycles. The number of hydrogen-bond acceptors (Lipinski definition) is 5. The molecular weight excluding hydrogens is 567 g/mol. The van der Waals surface area contributed by atoms with Gasteiger partial charge in [-0.25, -0.2) is 0 Å². The quantitative estimate of drug-likeness (QED) is 0.144. The fraction of sp³-hybridized carbons (Fsp3) is 0.765. The Morgan fingerprint density at radius 3 is 1.21 bits per heavy atom. The van der Waals surface area contributed by atoms with E-state index in [4.69, 9.17) is 4.65 Å². The summed E-state index contributed by atoms with van der Waals surface area (Å²) in [5.41, 5.74) is 2.34. The van der Waals surface area contributed by atoms with Crippen LogP contribution in [-0.4, -0.2) is 37.6 Å². The Morgan fingerprint density at radius 1 is 0.750 bits per heavy atom. The number of aromatic nitrogens is 3. The molecule has 6 nitrogen and oxygen atoms in total. The number of aryl methyl sites for hydroxylation is 1. The van der Waals surface area contributed by atoms with Crippen LogP contribution in [0.3, 0.4) is 0 Å². The molecule has 0 atom stereocenters. The van der Waals surface area contributed by atoms with E-state index in [9.17, 15) is 0 Å². The Bertz CT molecular complexity index is 509. The monoisotopic (exact) mass is 598 g/mol. The third kappa shape index (κ3) is 13.1. The van der Waals surface area contributed by atoms with Gasteiger partial charge in [-0.2, -0.15) is 15.0 Å². The number of rotatable bonds is 8. The van der Waals surface area contributed by atoms with Crippen LogP contribution in [0.5, 0.6) is 0 Å². The summed E-state index contributed by atoms with van der Waals surface area (Å²) in [6, 6.07) is 0. The molecule has 1 rings (SSSR count). The maximum atomic E-state index is 7.50. The molecule has 0 spiro atoms. The van der Waals surface area contributed by atoms with E-state index in [0.717, 1.165) is 5.82 Å². The minimum atomic E-state index is -0.350. The molecule has 0 radical (unpaired) electrons. The Labute approximate surface area is 193 Å². The SMILES string of the molecule is Cc1nc(NP(C(C)C)C(C)C)nc(NP(C(C)C)C(C)C)n1.[Br][Mn][Br].[C-]#[O+]. The van der Waals surface area contributed by atoms with E-state index >= 15 is 0 Å². The van der Waals surface area contributed by atoms with E-state index in [-0.39, 0.29) is 16.1 Å². The molecule has 0 unspecified atom stereocenters. The van der Waals surface area contributed by atoms with Gasteiger partial charge in [-0.1, -0.05) is 55.4 Å². The molecule has 0 fully saturated rings. The molecule has 2 N–H and O–H groups in total. The molecule has 0 aliphatic carbocycles. The molecule has 0 aromatic carbocycles. The van der Waals surface area contributed by atoms with E-state index < -0.39 is 0 Å². The predicted octanol–water partition coefficient (Wildman–Crippen LogP) is 7.08. The molecule has 1 aromatic heterocycles. The van der Waals surface area contributed by atoms with Gasteiger partial charge in [0.25, 0.3) is 0 Å². The predicted molar refractivity (Wildman–Crippen MR) is 128 cm³/mol. The molecule has 1 aromatic rings. The van der Waals surface area contributed by atoms with Gasteiger partial charge >= 0.3 is 50.9 Å². The molecule has 1 heterocycles. The molecule has 0 saturated heterocycles. The average molecular weight is 600 g/mol. The van der Waals surface area contributed by atoms with Crippen LogP contribution in [0.15, 0.2) is 0 Å². The first kappa shape index (κ1) is 30.9. The molecule has 0 amide bonds. The van der Waals surface area contributed by atoms with Crippen LogP contribution in [-0.2, 0) is 16.0 Å². The topological polar surface area (TPSA) is 82.6 Å². The number of anilines is 2. The molecule has 28 heavy (non-hydrogen) atoms. The molecular formula is C17H33Br2MnN5OP2. The zero-order chi connectivity index (χ0) is 22.4. The first-order valence-corrected chi connectivity index (χ1v) is 17.7. The van der Waals surface area contributed by atoms with Gasteiger partial charge in [-0.05, 0) is 45.7 Å². The fourth-order valence-corrected chi connectivity index (χ4v) is 6.60. The second kappa shape index (κ2) is 17.4. The van der Waals surface area contributed by atoms with Crippen LogP contribution >= 0.6 is 44.4 Å². The Kier molecular flexibility index (Phi) is 19.2. The maximum absolute atomic E-state index is 7.50. The second-order valence-corrected chi connectivity index (χ2v) is 19.2. The molecule has 0 aliphatic rings.